The molecule has 0 bridgehead atoms. The first kappa shape index (κ1) is 26.1. The van der Waals surface area contributed by atoms with E-state index in [1.54, 1.807) is 0 Å². The highest BCUT2D eigenvalue weighted by molar-refractivity contribution is 9.11. The Morgan fingerprint density at radius 1 is 0.667 bits per heavy atom. The summed E-state index contributed by atoms with van der Waals surface area (Å²) in [6, 6.07) is 4.63. The Labute approximate surface area is 228 Å². The number of hydrogen-bond acceptors (Lipinski definition) is 3. The third-order valence-corrected chi connectivity index (χ3v) is 11.9. The fourth-order valence-corrected chi connectivity index (χ4v) is 9.92. The van der Waals surface area contributed by atoms with Gasteiger partial charge in [0.15, 0.2) is 0 Å². The molecule has 0 aliphatic rings. The van der Waals surface area contributed by atoms with E-state index in [-0.39, 0.29) is 0 Å². The van der Waals surface area contributed by atoms with E-state index in [2.05, 4.69) is 56.3 Å². The van der Waals surface area contributed by atoms with Crippen LogP contribution in [0.4, 0.5) is 0 Å². The molecule has 5 heteroatoms. The van der Waals surface area contributed by atoms with Crippen molar-refractivity contribution in [2.24, 2.45) is 0 Å². The lowest BCUT2D eigenvalue weighted by Crippen LogP contribution is -1.85. The predicted octanol–water partition coefficient (Wildman–Crippen LogP) is 12.9. The van der Waals surface area contributed by atoms with Gasteiger partial charge in [-0.25, -0.2) is 0 Å². The van der Waals surface area contributed by atoms with Crippen molar-refractivity contribution >= 4 is 96.1 Å². The van der Waals surface area contributed by atoms with Crippen LogP contribution in [0.25, 0.3) is 30.3 Å². The molecule has 0 unspecified atom stereocenters. The van der Waals surface area contributed by atoms with E-state index in [1.807, 2.05) is 34.0 Å². The third-order valence-electron chi connectivity index (χ3n) is 6.76. The second-order valence-electron chi connectivity index (χ2n) is 9.35. The van der Waals surface area contributed by atoms with Gasteiger partial charge in [0.05, 0.1) is 13.2 Å². The lowest BCUT2D eigenvalue weighted by atomic mass is 10.0. The van der Waals surface area contributed by atoms with Crippen LogP contribution < -0.4 is 0 Å². The predicted molar refractivity (Wildman–Crippen MR) is 162 cm³/mol. The summed E-state index contributed by atoms with van der Waals surface area (Å²) in [6.07, 6.45) is 21.1. The van der Waals surface area contributed by atoms with Crippen molar-refractivity contribution in [2.75, 3.05) is 0 Å². The summed E-state index contributed by atoms with van der Waals surface area (Å²) in [6.45, 7) is 2.30. The first-order chi connectivity index (χ1) is 16.2. The maximum absolute atomic E-state index is 4.00. The average molecular weight is 629 g/mol. The number of benzene rings is 1. The first-order valence-corrected chi connectivity index (χ1v) is 17.0. The van der Waals surface area contributed by atoms with Crippen molar-refractivity contribution in [3.63, 3.8) is 0 Å². The van der Waals surface area contributed by atoms with Gasteiger partial charge in [0.2, 0.25) is 0 Å². The van der Waals surface area contributed by atoms with Gasteiger partial charge in [-0.05, 0) is 62.2 Å². The van der Waals surface area contributed by atoms with Gasteiger partial charge in [0.1, 0.15) is 0 Å². The number of thiophene rings is 3. The summed E-state index contributed by atoms with van der Waals surface area (Å²) in [5.41, 5.74) is 0. The number of fused-ring (bicyclic) bond motifs is 6. The molecule has 180 valence electrons. The van der Waals surface area contributed by atoms with Gasteiger partial charge < -0.3 is 0 Å². The molecule has 1 aromatic carbocycles. The van der Waals surface area contributed by atoms with Gasteiger partial charge >= 0.3 is 0 Å². The Balaban J connectivity index is 1.19. The van der Waals surface area contributed by atoms with Crippen LogP contribution in [0.1, 0.15) is 102 Å². The topological polar surface area (TPSA) is 0 Å². The summed E-state index contributed by atoms with van der Waals surface area (Å²) < 4.78 is 6.93. The summed E-state index contributed by atoms with van der Waals surface area (Å²) in [5.74, 6) is 0. The van der Waals surface area contributed by atoms with Gasteiger partial charge in [0.25, 0.3) is 0 Å². The molecule has 0 aliphatic carbocycles. The van der Waals surface area contributed by atoms with Gasteiger partial charge in [-0.15, -0.1) is 34.0 Å². The largest absolute Gasteiger partial charge is 0.142 e. The lowest BCUT2D eigenvalue weighted by molar-refractivity contribution is 0.536. The standard InChI is InChI=1S/C28H36Br2S3/c1-2-3-4-5-6-7-8-9-10-11-12-13-14-15-16-22-25(30)24-21-19-23(29)33-28(21)27-20(17-18-31-27)26(24)32-22/h17-19H,2-16H2,1H3. The Hall–Kier alpha value is 0.0600. The lowest BCUT2D eigenvalue weighted by Gasteiger charge is -2.03. The fraction of sp³-hybridized carbons (Fsp3) is 0.571. The number of rotatable bonds is 15. The summed E-state index contributed by atoms with van der Waals surface area (Å²) >= 11 is 13.5. The normalized spacial score (nSPS) is 12.1. The van der Waals surface area contributed by atoms with E-state index in [9.17, 15) is 0 Å². The quantitative estimate of drug-likeness (QED) is 0.115. The van der Waals surface area contributed by atoms with Crippen LogP contribution in [0.15, 0.2) is 25.8 Å². The van der Waals surface area contributed by atoms with Crippen LogP contribution in [-0.2, 0) is 6.42 Å². The molecule has 0 saturated heterocycles. The smallest absolute Gasteiger partial charge is 0.0711 e. The van der Waals surface area contributed by atoms with E-state index in [1.165, 1.54) is 140 Å². The van der Waals surface area contributed by atoms with Crippen molar-refractivity contribution in [3.05, 3.63) is 30.6 Å². The maximum Gasteiger partial charge on any atom is 0.0711 e. The molecule has 0 atom stereocenters. The monoisotopic (exact) mass is 626 g/mol. The fourth-order valence-electron chi connectivity index (χ4n) is 4.91. The molecule has 0 amide bonds. The van der Waals surface area contributed by atoms with Gasteiger partial charge in [-0.2, -0.15) is 0 Å². The van der Waals surface area contributed by atoms with E-state index < -0.39 is 0 Å². The average Bonchev–Trinajstić information content (AvgIpc) is 3.51. The van der Waals surface area contributed by atoms with E-state index in [4.69, 9.17) is 0 Å². The number of unbranched alkanes of at least 4 members (excludes halogenated alkanes) is 13. The molecule has 3 heterocycles. The number of hydrogen-bond donors (Lipinski definition) is 0. The molecule has 0 aliphatic heterocycles. The Morgan fingerprint density at radius 2 is 1.27 bits per heavy atom. The van der Waals surface area contributed by atoms with Crippen LogP contribution in [0.3, 0.4) is 0 Å². The minimum atomic E-state index is 1.20. The van der Waals surface area contributed by atoms with E-state index in [0.717, 1.165) is 0 Å². The van der Waals surface area contributed by atoms with Crippen molar-refractivity contribution in [2.45, 2.75) is 103 Å². The van der Waals surface area contributed by atoms with Crippen molar-refractivity contribution in [1.29, 1.82) is 0 Å². The second kappa shape index (κ2) is 13.4. The Kier molecular flexibility index (Phi) is 10.6. The second-order valence-corrected chi connectivity index (χ2v) is 14.6. The number of halogens is 2. The molecule has 0 fully saturated rings. The molecule has 33 heavy (non-hydrogen) atoms. The summed E-state index contributed by atoms with van der Waals surface area (Å²) in [5, 5.41) is 6.53. The third kappa shape index (κ3) is 6.64. The molecule has 3 aromatic heterocycles. The summed E-state index contributed by atoms with van der Waals surface area (Å²) in [4.78, 5) is 1.53. The van der Waals surface area contributed by atoms with Crippen LogP contribution in [0, 0.1) is 0 Å². The zero-order valence-electron chi connectivity index (χ0n) is 19.8. The molecular weight excluding hydrogens is 592 g/mol. The molecular formula is C28H36Br2S3. The van der Waals surface area contributed by atoms with Crippen LogP contribution in [0.5, 0.6) is 0 Å². The molecule has 4 aromatic rings. The highest BCUT2D eigenvalue weighted by Crippen LogP contribution is 2.49. The Morgan fingerprint density at radius 3 is 1.91 bits per heavy atom. The number of aryl methyl sites for hydroxylation is 1. The Bertz CT molecular complexity index is 1150. The minimum absolute atomic E-state index is 1.20. The molecule has 0 radical (unpaired) electrons. The maximum atomic E-state index is 4.00. The molecule has 0 nitrogen and oxygen atoms in total. The van der Waals surface area contributed by atoms with Crippen LogP contribution >= 0.6 is 65.9 Å². The molecule has 0 saturated carbocycles. The summed E-state index contributed by atoms with van der Waals surface area (Å²) in [7, 11) is 0. The zero-order chi connectivity index (χ0) is 23.0. The highest BCUT2D eigenvalue weighted by atomic mass is 79.9. The minimum Gasteiger partial charge on any atom is -0.142 e. The SMILES string of the molecule is CCCCCCCCCCCCCCCCc1sc2c3ccsc3c3sc(Br)cc3c2c1Br. The molecule has 4 rings (SSSR count). The van der Waals surface area contributed by atoms with Crippen molar-refractivity contribution < 1.29 is 0 Å². The van der Waals surface area contributed by atoms with Crippen LogP contribution in [0.2, 0.25) is 0 Å². The first-order valence-electron chi connectivity index (χ1n) is 12.9. The van der Waals surface area contributed by atoms with Gasteiger partial charge in [0, 0.05) is 30.2 Å². The van der Waals surface area contributed by atoms with Gasteiger partial charge in [-0.3, -0.25) is 0 Å². The molecule has 0 spiro atoms. The van der Waals surface area contributed by atoms with E-state index >= 15 is 0 Å². The molecule has 0 N–H and O–H groups in total. The van der Waals surface area contributed by atoms with Crippen molar-refractivity contribution in [1.82, 2.24) is 0 Å². The zero-order valence-corrected chi connectivity index (χ0v) is 25.4. The van der Waals surface area contributed by atoms with Crippen LogP contribution in [-0.4, -0.2) is 0 Å². The van der Waals surface area contributed by atoms with Gasteiger partial charge in [-0.1, -0.05) is 90.4 Å². The van der Waals surface area contributed by atoms with E-state index in [0.29, 0.717) is 0 Å². The van der Waals surface area contributed by atoms with Crippen molar-refractivity contribution in [3.8, 4) is 0 Å². The highest BCUT2D eigenvalue weighted by Gasteiger charge is 2.19.